The zero-order chi connectivity index (χ0) is 34.2. The second-order valence-electron chi connectivity index (χ2n) is 13.5. The molecule has 0 atom stereocenters. The van der Waals surface area contributed by atoms with E-state index in [-0.39, 0.29) is 0 Å². The molecule has 0 fully saturated rings. The first-order chi connectivity index (χ1) is 25.7. The van der Waals surface area contributed by atoms with Crippen LogP contribution in [0.2, 0.25) is 0 Å². The van der Waals surface area contributed by atoms with Crippen LogP contribution in [0.25, 0.3) is 106 Å². The van der Waals surface area contributed by atoms with Gasteiger partial charge in [-0.1, -0.05) is 127 Å². The smallest absolute Gasteiger partial charge is 0.164 e. The first-order valence-corrected chi connectivity index (χ1v) is 17.7. The van der Waals surface area contributed by atoms with Gasteiger partial charge in [-0.2, -0.15) is 0 Å². The summed E-state index contributed by atoms with van der Waals surface area (Å²) in [5.41, 5.74) is 10.7. The Hall–Kier alpha value is -6.85. The number of aromatic nitrogens is 3. The maximum Gasteiger partial charge on any atom is 0.164 e. The molecule has 11 rings (SSSR count). The van der Waals surface area contributed by atoms with Crippen molar-refractivity contribution in [3.63, 3.8) is 0 Å². The van der Waals surface area contributed by atoms with Gasteiger partial charge in [0.25, 0.3) is 0 Å². The number of allylic oxidation sites excluding steroid dienone is 1. The normalized spacial score (nSPS) is 12.8. The maximum atomic E-state index is 6.76. The van der Waals surface area contributed by atoms with Crippen LogP contribution in [0.5, 0.6) is 0 Å². The van der Waals surface area contributed by atoms with Crippen LogP contribution in [0, 0.1) is 0 Å². The molecule has 7 aromatic carbocycles. The lowest BCUT2D eigenvalue weighted by molar-refractivity contribution is 0.664. The minimum absolute atomic E-state index is 0.591. The predicted octanol–water partition coefficient (Wildman–Crippen LogP) is 12.5. The minimum Gasteiger partial charge on any atom is -0.455 e. The molecule has 5 heteroatoms. The average molecular weight is 668 g/mol. The number of aryl methyl sites for hydroxylation is 1. The molecule has 1 aliphatic rings. The van der Waals surface area contributed by atoms with Crippen LogP contribution in [-0.4, -0.2) is 15.0 Å². The molecule has 3 aromatic heterocycles. The Kier molecular flexibility index (Phi) is 6.31. The van der Waals surface area contributed by atoms with E-state index in [1.165, 1.54) is 16.5 Å². The average Bonchev–Trinajstić information content (AvgIpc) is 3.78. The van der Waals surface area contributed by atoms with Gasteiger partial charge in [-0.05, 0) is 59.0 Å². The molecule has 10 aromatic rings. The Morgan fingerprint density at radius 3 is 2.02 bits per heavy atom. The molecule has 0 saturated heterocycles. The van der Waals surface area contributed by atoms with Crippen molar-refractivity contribution in [3.8, 4) is 45.3 Å². The number of para-hydroxylation sites is 2. The van der Waals surface area contributed by atoms with Crippen molar-refractivity contribution in [1.82, 2.24) is 15.0 Å². The first-order valence-electron chi connectivity index (χ1n) is 17.7. The summed E-state index contributed by atoms with van der Waals surface area (Å²) in [4.78, 5) is 15.2. The quantitative estimate of drug-likeness (QED) is 0.187. The highest BCUT2D eigenvalue weighted by Crippen LogP contribution is 2.44. The highest BCUT2D eigenvalue weighted by atomic mass is 16.3. The summed E-state index contributed by atoms with van der Waals surface area (Å²) in [5.74, 6) is 1.83. The summed E-state index contributed by atoms with van der Waals surface area (Å²) in [6, 6.07) is 48.1. The molecule has 0 N–H and O–H groups in total. The summed E-state index contributed by atoms with van der Waals surface area (Å²) in [5, 5.41) is 6.49. The largest absolute Gasteiger partial charge is 0.455 e. The molecule has 0 bridgehead atoms. The van der Waals surface area contributed by atoms with Gasteiger partial charge in [-0.25, -0.2) is 15.0 Å². The summed E-state index contributed by atoms with van der Waals surface area (Å²) in [6.45, 7) is 0. The molecule has 0 spiro atoms. The van der Waals surface area contributed by atoms with Gasteiger partial charge in [-0.3, -0.25) is 0 Å². The fourth-order valence-corrected chi connectivity index (χ4v) is 7.85. The number of hydrogen-bond donors (Lipinski definition) is 0. The van der Waals surface area contributed by atoms with E-state index in [2.05, 4.69) is 109 Å². The molecule has 0 unspecified atom stereocenters. The van der Waals surface area contributed by atoms with Gasteiger partial charge in [0, 0.05) is 49.4 Å². The monoisotopic (exact) mass is 667 g/mol. The van der Waals surface area contributed by atoms with Crippen LogP contribution in [-0.2, 0) is 6.42 Å². The van der Waals surface area contributed by atoms with E-state index in [1.807, 2.05) is 42.5 Å². The van der Waals surface area contributed by atoms with E-state index in [1.54, 1.807) is 0 Å². The minimum atomic E-state index is 0.591. The summed E-state index contributed by atoms with van der Waals surface area (Å²) in [7, 11) is 0. The Morgan fingerprint density at radius 2 is 1.15 bits per heavy atom. The van der Waals surface area contributed by atoms with Gasteiger partial charge in [-0.15, -0.1) is 0 Å². The molecular weight excluding hydrogens is 639 g/mol. The number of hydrogen-bond acceptors (Lipinski definition) is 5. The number of nitrogens with zero attached hydrogens (tertiary/aromatic N) is 3. The van der Waals surface area contributed by atoms with Crippen LogP contribution < -0.4 is 0 Å². The number of rotatable bonds is 4. The molecule has 0 radical (unpaired) electrons. The maximum absolute atomic E-state index is 6.76. The second-order valence-corrected chi connectivity index (χ2v) is 13.5. The van der Waals surface area contributed by atoms with Crippen molar-refractivity contribution < 1.29 is 8.83 Å². The van der Waals surface area contributed by atoms with Crippen molar-refractivity contribution in [2.45, 2.75) is 12.8 Å². The van der Waals surface area contributed by atoms with Gasteiger partial charge in [0.2, 0.25) is 0 Å². The van der Waals surface area contributed by atoms with Crippen molar-refractivity contribution in [2.24, 2.45) is 0 Å². The Balaban J connectivity index is 1.12. The van der Waals surface area contributed by atoms with Crippen molar-refractivity contribution in [3.05, 3.63) is 157 Å². The summed E-state index contributed by atoms with van der Waals surface area (Å²) in [6.07, 6.45) is 6.57. The van der Waals surface area contributed by atoms with Crippen LogP contribution >= 0.6 is 0 Å². The summed E-state index contributed by atoms with van der Waals surface area (Å²) < 4.78 is 13.4. The van der Waals surface area contributed by atoms with Crippen molar-refractivity contribution in [2.75, 3.05) is 0 Å². The fraction of sp³-hybridized carbons (Fsp3) is 0.0426. The lowest BCUT2D eigenvalue weighted by Gasteiger charge is -2.10. The van der Waals surface area contributed by atoms with Crippen LogP contribution in [0.3, 0.4) is 0 Å². The molecule has 0 amide bonds. The first kappa shape index (κ1) is 28.9. The fourth-order valence-electron chi connectivity index (χ4n) is 7.85. The van der Waals surface area contributed by atoms with Gasteiger partial charge < -0.3 is 8.83 Å². The third-order valence-corrected chi connectivity index (χ3v) is 10.4. The third kappa shape index (κ3) is 4.53. The second kappa shape index (κ2) is 11.3. The van der Waals surface area contributed by atoms with E-state index in [4.69, 9.17) is 23.8 Å². The lowest BCUT2D eigenvalue weighted by atomic mass is 9.95. The molecule has 52 heavy (non-hydrogen) atoms. The SMILES string of the molecule is C1=Cc2cc3c(cc2CC1)oc1c(-c2cccc4c2oc2cccc(-c5nc(-c6ccccc6)nc(-c6ccc7ccccc7c6)n5)c24)cccc13. The van der Waals surface area contributed by atoms with Gasteiger partial charge >= 0.3 is 0 Å². The molecule has 3 heterocycles. The Morgan fingerprint density at radius 1 is 0.462 bits per heavy atom. The van der Waals surface area contributed by atoms with E-state index < -0.39 is 0 Å². The Labute approximate surface area is 298 Å². The molecule has 0 aliphatic heterocycles. The number of furan rings is 2. The van der Waals surface area contributed by atoms with Crippen LogP contribution in [0.1, 0.15) is 17.5 Å². The third-order valence-electron chi connectivity index (χ3n) is 10.4. The van der Waals surface area contributed by atoms with Gasteiger partial charge in [0.1, 0.15) is 22.3 Å². The topological polar surface area (TPSA) is 65.0 Å². The summed E-state index contributed by atoms with van der Waals surface area (Å²) >= 11 is 0. The molecule has 244 valence electrons. The standard InChI is InChI=1S/C47H29N3O2/c1-2-12-29(13-3-1)45-48-46(33-24-23-28-11-4-5-14-30(28)25-33)50-47(49-45)38-21-10-22-40-42(38)37-20-9-18-35(44(37)51-40)34-17-8-19-36-39-26-31-15-6-7-16-32(31)27-41(39)52-43(34)36/h1-6,8-15,17-27H,7,16H2. The highest BCUT2D eigenvalue weighted by Gasteiger charge is 2.22. The zero-order valence-electron chi connectivity index (χ0n) is 28.0. The zero-order valence-corrected chi connectivity index (χ0v) is 28.0. The van der Waals surface area contributed by atoms with Gasteiger partial charge in [0.05, 0.1) is 0 Å². The molecule has 0 saturated carbocycles. The van der Waals surface area contributed by atoms with Crippen LogP contribution in [0.15, 0.2) is 154 Å². The lowest BCUT2D eigenvalue weighted by Crippen LogP contribution is -2.00. The van der Waals surface area contributed by atoms with E-state index in [9.17, 15) is 0 Å². The number of benzene rings is 7. The molecule has 1 aliphatic carbocycles. The van der Waals surface area contributed by atoms with E-state index in [0.29, 0.717) is 17.5 Å². The van der Waals surface area contributed by atoms with Crippen molar-refractivity contribution in [1.29, 1.82) is 0 Å². The van der Waals surface area contributed by atoms with E-state index in [0.717, 1.165) is 89.9 Å². The van der Waals surface area contributed by atoms with Crippen LogP contribution in [0.4, 0.5) is 0 Å². The van der Waals surface area contributed by atoms with E-state index >= 15 is 0 Å². The van der Waals surface area contributed by atoms with Gasteiger partial charge in [0.15, 0.2) is 17.5 Å². The highest BCUT2D eigenvalue weighted by molar-refractivity contribution is 6.17. The Bertz CT molecular complexity index is 3080. The molecular formula is C47H29N3O2. The molecule has 5 nitrogen and oxygen atoms in total. The number of fused-ring (bicyclic) bond motifs is 8. The van der Waals surface area contributed by atoms with Crippen molar-refractivity contribution >= 4 is 60.7 Å². The predicted molar refractivity (Wildman–Crippen MR) is 211 cm³/mol.